The molecule has 0 aromatic carbocycles. The van der Waals surface area contributed by atoms with Crippen LogP contribution in [0.3, 0.4) is 0 Å². The number of rotatable bonds is 49. The van der Waals surface area contributed by atoms with Gasteiger partial charge in [-0.05, 0) is 96.3 Å². The van der Waals surface area contributed by atoms with Gasteiger partial charge in [0.1, 0.15) is 13.2 Å². The number of ether oxygens (including phenoxy) is 3. The normalized spacial score (nSPS) is 12.8. The van der Waals surface area contributed by atoms with Crippen LogP contribution in [0.15, 0.2) is 97.2 Å². The van der Waals surface area contributed by atoms with Crippen LogP contribution in [0.5, 0.6) is 0 Å². The van der Waals surface area contributed by atoms with Crippen molar-refractivity contribution in [1.82, 2.24) is 0 Å². The minimum Gasteiger partial charge on any atom is -0.462 e. The molecule has 0 aliphatic carbocycles. The number of hydrogen-bond acceptors (Lipinski definition) is 6. The van der Waals surface area contributed by atoms with Gasteiger partial charge in [0.2, 0.25) is 0 Å². The van der Waals surface area contributed by atoms with Crippen molar-refractivity contribution in [2.45, 2.75) is 258 Å². The number of unbranched alkanes of at least 4 members (excludes halogenated alkanes) is 22. The second-order valence-corrected chi connectivity index (χ2v) is 18.1. The van der Waals surface area contributed by atoms with E-state index in [0.29, 0.717) is 19.3 Å². The third-order valence-electron chi connectivity index (χ3n) is 11.6. The summed E-state index contributed by atoms with van der Waals surface area (Å²) in [6.07, 6.45) is 72.6. The van der Waals surface area contributed by atoms with Crippen molar-refractivity contribution in [3.05, 3.63) is 97.2 Å². The van der Waals surface area contributed by atoms with Crippen LogP contribution in [0.25, 0.3) is 0 Å². The molecule has 0 aliphatic rings. The van der Waals surface area contributed by atoms with E-state index < -0.39 is 6.10 Å². The van der Waals surface area contributed by atoms with Gasteiger partial charge in [0, 0.05) is 19.3 Å². The summed E-state index contributed by atoms with van der Waals surface area (Å²) in [6.45, 7) is 6.36. The van der Waals surface area contributed by atoms with Crippen molar-refractivity contribution in [3.8, 4) is 0 Å². The van der Waals surface area contributed by atoms with Gasteiger partial charge < -0.3 is 14.2 Å². The summed E-state index contributed by atoms with van der Waals surface area (Å²) in [5, 5.41) is 0. The highest BCUT2D eigenvalue weighted by molar-refractivity contribution is 5.71. The van der Waals surface area contributed by atoms with Crippen LogP contribution in [-0.2, 0) is 28.6 Å². The summed E-state index contributed by atoms with van der Waals surface area (Å²) in [7, 11) is 0. The van der Waals surface area contributed by atoms with E-state index in [1.54, 1.807) is 0 Å². The summed E-state index contributed by atoms with van der Waals surface area (Å²) in [6, 6.07) is 0. The van der Waals surface area contributed by atoms with E-state index in [4.69, 9.17) is 14.2 Å². The van der Waals surface area contributed by atoms with Crippen molar-refractivity contribution in [2.75, 3.05) is 13.2 Å². The first-order valence-electron chi connectivity index (χ1n) is 27.7. The van der Waals surface area contributed by atoms with E-state index >= 15 is 0 Å². The number of hydrogen-bond donors (Lipinski definition) is 0. The van der Waals surface area contributed by atoms with Crippen LogP contribution in [0.4, 0.5) is 0 Å². The number of allylic oxidation sites excluding steroid dienone is 16. The molecule has 0 saturated heterocycles. The molecule has 1 unspecified atom stereocenters. The Morgan fingerprint density at radius 3 is 0.940 bits per heavy atom. The summed E-state index contributed by atoms with van der Waals surface area (Å²) in [5.74, 6) is -0.972. The molecule has 0 heterocycles. The molecule has 382 valence electrons. The van der Waals surface area contributed by atoms with Crippen LogP contribution in [0, 0.1) is 0 Å². The quantitative estimate of drug-likeness (QED) is 0.0262. The van der Waals surface area contributed by atoms with Crippen molar-refractivity contribution in [2.24, 2.45) is 0 Å². The Kier molecular flexibility index (Phi) is 51.9. The lowest BCUT2D eigenvalue weighted by Crippen LogP contribution is -2.30. The molecule has 0 rings (SSSR count). The Morgan fingerprint density at radius 2 is 0.582 bits per heavy atom. The van der Waals surface area contributed by atoms with Crippen LogP contribution in [0.1, 0.15) is 252 Å². The molecule has 1 atom stereocenters. The Bertz CT molecular complexity index is 1350. The van der Waals surface area contributed by atoms with Gasteiger partial charge in [-0.3, -0.25) is 14.4 Å². The molecule has 0 spiro atoms. The third kappa shape index (κ3) is 53.2. The molecule has 0 saturated carbocycles. The summed E-state index contributed by atoms with van der Waals surface area (Å²) in [4.78, 5) is 38.1. The molecule has 0 bridgehead atoms. The fourth-order valence-electron chi connectivity index (χ4n) is 7.48. The summed E-state index contributed by atoms with van der Waals surface area (Å²) in [5.41, 5.74) is 0. The maximum absolute atomic E-state index is 12.8. The molecule has 67 heavy (non-hydrogen) atoms. The van der Waals surface area contributed by atoms with Gasteiger partial charge >= 0.3 is 17.9 Å². The maximum atomic E-state index is 12.8. The Hall–Kier alpha value is -3.67. The largest absolute Gasteiger partial charge is 0.462 e. The number of carbonyl (C=O) groups is 3. The minimum absolute atomic E-state index is 0.106. The number of esters is 3. The van der Waals surface area contributed by atoms with Gasteiger partial charge in [0.15, 0.2) is 6.10 Å². The lowest BCUT2D eigenvalue weighted by atomic mass is 10.0. The lowest BCUT2D eigenvalue weighted by molar-refractivity contribution is -0.167. The molecular formula is C61H102O6. The van der Waals surface area contributed by atoms with Crippen molar-refractivity contribution in [3.63, 3.8) is 0 Å². The molecule has 6 nitrogen and oxygen atoms in total. The molecule has 0 fully saturated rings. The summed E-state index contributed by atoms with van der Waals surface area (Å²) < 4.78 is 16.8. The van der Waals surface area contributed by atoms with E-state index in [1.165, 1.54) is 96.3 Å². The van der Waals surface area contributed by atoms with E-state index in [0.717, 1.165) is 116 Å². The highest BCUT2D eigenvalue weighted by Gasteiger charge is 2.19. The van der Waals surface area contributed by atoms with Gasteiger partial charge in [0.25, 0.3) is 0 Å². The SMILES string of the molecule is CC/C=C\C/C=C\C/C=C\C/C=C\C/C=C\CCCCCC(=O)OCC(COC(=O)CCCC/C=C\C/C=C\C/C=C\CC)OC(=O)CCCCCCCCCCCCCCCCCCCC. The Balaban J connectivity index is 4.44. The van der Waals surface area contributed by atoms with Crippen LogP contribution in [-0.4, -0.2) is 37.2 Å². The van der Waals surface area contributed by atoms with Gasteiger partial charge in [-0.2, -0.15) is 0 Å². The monoisotopic (exact) mass is 931 g/mol. The number of carbonyl (C=O) groups excluding carboxylic acids is 3. The molecule has 6 heteroatoms. The van der Waals surface area contributed by atoms with Crippen molar-refractivity contribution >= 4 is 17.9 Å². The lowest BCUT2D eigenvalue weighted by Gasteiger charge is -2.18. The molecular weight excluding hydrogens is 829 g/mol. The topological polar surface area (TPSA) is 78.9 Å². The zero-order valence-electron chi connectivity index (χ0n) is 43.6. The predicted octanol–water partition coefficient (Wildman–Crippen LogP) is 18.5. The smallest absolute Gasteiger partial charge is 0.306 e. The van der Waals surface area contributed by atoms with Gasteiger partial charge in [-0.15, -0.1) is 0 Å². The van der Waals surface area contributed by atoms with Crippen LogP contribution >= 0.6 is 0 Å². The molecule has 0 radical (unpaired) electrons. The first kappa shape index (κ1) is 63.3. The zero-order valence-corrected chi connectivity index (χ0v) is 43.6. The van der Waals surface area contributed by atoms with E-state index in [1.807, 2.05) is 0 Å². The second-order valence-electron chi connectivity index (χ2n) is 18.1. The fourth-order valence-corrected chi connectivity index (χ4v) is 7.48. The standard InChI is InChI=1S/C61H102O6/c1-4-7-10-13-16-19-22-25-27-29-31-33-34-36-39-42-45-48-51-54-60(63)66-57-58(56-65-59(62)53-50-47-44-41-38-24-21-18-15-12-9-6-3)67-61(64)55-52-49-46-43-40-37-35-32-30-28-26-23-20-17-14-11-8-5-2/h7,9-10,12,16,18-19,21,25,27,31,33,36,38-39,41,58H,4-6,8,11,13-15,17,20,22-24,26,28-30,32,34-35,37,40,42-57H2,1-3H3/b10-7-,12-9-,19-16-,21-18-,27-25-,33-31-,39-36-,41-38-. The molecule has 0 amide bonds. The summed E-state index contributed by atoms with van der Waals surface area (Å²) >= 11 is 0. The first-order chi connectivity index (χ1) is 33.0. The Labute approximate surface area is 413 Å². The zero-order chi connectivity index (χ0) is 48.6. The highest BCUT2D eigenvalue weighted by Crippen LogP contribution is 2.16. The van der Waals surface area contributed by atoms with E-state index in [9.17, 15) is 14.4 Å². The van der Waals surface area contributed by atoms with Gasteiger partial charge in [0.05, 0.1) is 0 Å². The van der Waals surface area contributed by atoms with E-state index in [2.05, 4.69) is 118 Å². The van der Waals surface area contributed by atoms with Crippen molar-refractivity contribution < 1.29 is 28.6 Å². The average Bonchev–Trinajstić information content (AvgIpc) is 3.33. The third-order valence-corrected chi connectivity index (χ3v) is 11.6. The molecule has 0 aromatic heterocycles. The predicted molar refractivity (Wildman–Crippen MR) is 288 cm³/mol. The second kappa shape index (κ2) is 54.9. The fraction of sp³-hybridized carbons (Fsp3) is 0.689. The minimum atomic E-state index is -0.806. The average molecular weight is 931 g/mol. The van der Waals surface area contributed by atoms with Gasteiger partial charge in [-0.1, -0.05) is 234 Å². The maximum Gasteiger partial charge on any atom is 0.306 e. The highest BCUT2D eigenvalue weighted by atomic mass is 16.6. The van der Waals surface area contributed by atoms with Crippen LogP contribution < -0.4 is 0 Å². The Morgan fingerprint density at radius 1 is 0.313 bits per heavy atom. The van der Waals surface area contributed by atoms with Crippen LogP contribution in [0.2, 0.25) is 0 Å². The molecule has 0 N–H and O–H groups in total. The van der Waals surface area contributed by atoms with Crippen molar-refractivity contribution in [1.29, 1.82) is 0 Å². The van der Waals surface area contributed by atoms with E-state index in [-0.39, 0.29) is 31.1 Å². The first-order valence-corrected chi connectivity index (χ1v) is 27.7. The van der Waals surface area contributed by atoms with Gasteiger partial charge in [-0.25, -0.2) is 0 Å². The molecule has 0 aliphatic heterocycles. The molecule has 0 aromatic rings.